The van der Waals surface area contributed by atoms with Crippen LogP contribution in [0.3, 0.4) is 0 Å². The fraction of sp³-hybridized carbons (Fsp3) is 0.600. The van der Waals surface area contributed by atoms with E-state index in [1.165, 1.54) is 0 Å². The number of aryl methyl sites for hydroxylation is 1. The van der Waals surface area contributed by atoms with Crippen molar-refractivity contribution in [2.45, 2.75) is 63.8 Å². The number of hydrogen-bond acceptors (Lipinski definition) is 6. The number of para-hydroxylation sites is 1. The summed E-state index contributed by atoms with van der Waals surface area (Å²) in [5.41, 5.74) is 3.16. The lowest BCUT2D eigenvalue weighted by molar-refractivity contribution is -0.870. The molecule has 0 aromatic heterocycles. The van der Waals surface area contributed by atoms with Crippen LogP contribution in [0.1, 0.15) is 61.6 Å². The molecule has 1 N–H and O–H groups in total. The van der Waals surface area contributed by atoms with Crippen LogP contribution in [0.2, 0.25) is 0 Å². The number of fused-ring (bicyclic) bond motifs is 2. The van der Waals surface area contributed by atoms with Crippen LogP contribution >= 0.6 is 0 Å². The van der Waals surface area contributed by atoms with Gasteiger partial charge in [0.2, 0.25) is 12.7 Å². The molecule has 3 aliphatic heterocycles. The highest BCUT2D eigenvalue weighted by molar-refractivity contribution is 5.79. The zero-order valence-corrected chi connectivity index (χ0v) is 26.9. The van der Waals surface area contributed by atoms with Crippen molar-refractivity contribution in [1.29, 1.82) is 0 Å². The van der Waals surface area contributed by atoms with Gasteiger partial charge < -0.3 is 28.7 Å². The third-order valence-electron chi connectivity index (χ3n) is 9.34. The highest BCUT2D eigenvalue weighted by Gasteiger charge is 2.47. The number of benzene rings is 2. The Labute approximate surface area is 262 Å². The molecule has 9 heteroatoms. The van der Waals surface area contributed by atoms with Crippen LogP contribution in [0.25, 0.3) is 0 Å². The second-order valence-electron chi connectivity index (χ2n) is 13.6. The van der Waals surface area contributed by atoms with Gasteiger partial charge in [0, 0.05) is 38.0 Å². The van der Waals surface area contributed by atoms with Gasteiger partial charge in [-0.25, -0.2) is 0 Å². The van der Waals surface area contributed by atoms with Crippen molar-refractivity contribution in [3.63, 3.8) is 0 Å². The summed E-state index contributed by atoms with van der Waals surface area (Å²) >= 11 is 0. The summed E-state index contributed by atoms with van der Waals surface area (Å²) in [6.07, 6.45) is 6.09. The number of aliphatic carboxylic acids is 1. The van der Waals surface area contributed by atoms with Gasteiger partial charge in [-0.2, -0.15) is 0 Å². The number of nitrogens with zero attached hydrogens (tertiary/aromatic N) is 3. The van der Waals surface area contributed by atoms with Crippen LogP contribution < -0.4 is 14.2 Å². The number of carboxylic acid groups (broad SMARTS) is 1. The SMILES string of the molecule is CCCCN(CCCC[N+](C)(C)C)C(=O)CN1C[C@H](c2ccc3c(c2)CCO3)[C@@H](C(=O)O)[C@@H]1CCc1cccc2c1OCO2. The van der Waals surface area contributed by atoms with E-state index >= 15 is 0 Å². The highest BCUT2D eigenvalue weighted by atomic mass is 16.7. The number of amides is 1. The molecule has 3 heterocycles. The third kappa shape index (κ3) is 7.67. The molecule has 0 bridgehead atoms. The van der Waals surface area contributed by atoms with E-state index in [-0.39, 0.29) is 31.2 Å². The summed E-state index contributed by atoms with van der Waals surface area (Å²) in [6.45, 7) is 6.30. The van der Waals surface area contributed by atoms with Crippen molar-refractivity contribution in [2.75, 3.05) is 67.3 Å². The van der Waals surface area contributed by atoms with E-state index in [2.05, 4.69) is 39.0 Å². The summed E-state index contributed by atoms with van der Waals surface area (Å²) in [4.78, 5) is 31.1. The molecule has 2 aromatic carbocycles. The molecule has 240 valence electrons. The number of ether oxygens (including phenoxy) is 3. The summed E-state index contributed by atoms with van der Waals surface area (Å²) in [5.74, 6) is 0.794. The number of likely N-dealkylation sites (tertiary alicyclic amines) is 1. The first kappa shape index (κ1) is 32.1. The Balaban J connectivity index is 1.37. The molecule has 1 amide bonds. The Morgan fingerprint density at radius 2 is 1.84 bits per heavy atom. The zero-order chi connectivity index (χ0) is 31.3. The number of carbonyl (C=O) groups is 2. The second kappa shape index (κ2) is 14.2. The minimum Gasteiger partial charge on any atom is -0.493 e. The number of carbonyl (C=O) groups excluding carboxylic acids is 1. The second-order valence-corrected chi connectivity index (χ2v) is 13.6. The molecule has 2 aromatic rings. The fourth-order valence-corrected chi connectivity index (χ4v) is 6.99. The lowest BCUT2D eigenvalue weighted by Crippen LogP contribution is -2.45. The predicted molar refractivity (Wildman–Crippen MR) is 169 cm³/mol. The summed E-state index contributed by atoms with van der Waals surface area (Å²) in [6, 6.07) is 11.7. The van der Waals surface area contributed by atoms with Crippen molar-refractivity contribution < 1.29 is 33.4 Å². The molecular formula is C35H50N3O6+. The Kier molecular flexibility index (Phi) is 10.4. The normalized spacial score (nSPS) is 20.9. The lowest BCUT2D eigenvalue weighted by atomic mass is 9.83. The van der Waals surface area contributed by atoms with E-state index < -0.39 is 11.9 Å². The van der Waals surface area contributed by atoms with Crippen molar-refractivity contribution in [2.24, 2.45) is 5.92 Å². The van der Waals surface area contributed by atoms with Crippen LogP contribution in [0, 0.1) is 5.92 Å². The number of quaternary nitrogens is 1. The van der Waals surface area contributed by atoms with Crippen molar-refractivity contribution in [3.8, 4) is 17.2 Å². The van der Waals surface area contributed by atoms with Crippen LogP contribution in [0.4, 0.5) is 0 Å². The predicted octanol–water partition coefficient (Wildman–Crippen LogP) is 4.57. The average molecular weight is 609 g/mol. The molecule has 0 radical (unpaired) electrons. The van der Waals surface area contributed by atoms with Gasteiger partial charge in [-0.15, -0.1) is 0 Å². The number of rotatable bonds is 15. The van der Waals surface area contributed by atoms with Crippen molar-refractivity contribution >= 4 is 11.9 Å². The molecule has 3 atom stereocenters. The number of unbranched alkanes of at least 4 members (excludes halogenated alkanes) is 2. The Morgan fingerprint density at radius 3 is 2.61 bits per heavy atom. The molecule has 0 saturated carbocycles. The molecule has 5 rings (SSSR count). The van der Waals surface area contributed by atoms with Gasteiger partial charge in [0.15, 0.2) is 11.5 Å². The van der Waals surface area contributed by atoms with Gasteiger partial charge in [0.25, 0.3) is 0 Å². The van der Waals surface area contributed by atoms with Crippen LogP contribution in [0.15, 0.2) is 36.4 Å². The third-order valence-corrected chi connectivity index (χ3v) is 9.34. The zero-order valence-electron chi connectivity index (χ0n) is 26.9. The first-order valence-electron chi connectivity index (χ1n) is 16.3. The van der Waals surface area contributed by atoms with Gasteiger partial charge in [-0.05, 0) is 60.9 Å². The Hall–Kier alpha value is -3.30. The van der Waals surface area contributed by atoms with E-state index in [1.54, 1.807) is 0 Å². The maximum atomic E-state index is 13.9. The van der Waals surface area contributed by atoms with E-state index in [1.807, 2.05) is 35.2 Å². The van der Waals surface area contributed by atoms with Crippen LogP contribution in [-0.4, -0.2) is 105 Å². The Bertz CT molecular complexity index is 1310. The molecule has 3 aliphatic rings. The maximum Gasteiger partial charge on any atom is 0.308 e. The van der Waals surface area contributed by atoms with Gasteiger partial charge >= 0.3 is 5.97 Å². The largest absolute Gasteiger partial charge is 0.493 e. The molecule has 44 heavy (non-hydrogen) atoms. The molecule has 0 aliphatic carbocycles. The Morgan fingerprint density at radius 1 is 1.02 bits per heavy atom. The standard InChI is InChI=1S/C35H49N3O6/c1-5-6-17-36(18-7-8-19-38(2,3)4)32(39)23-37-22-28(26-13-15-30-27(21-26)16-20-42-30)33(35(40)41)29(37)14-12-25-10-9-11-31-34(25)44-24-43-31/h9-11,13,15,21,28-29,33H,5-8,12,14,16-20,22-24H2,1-4H3/p+1/t28-,29+,33-/m1/s1. The molecule has 0 spiro atoms. The monoisotopic (exact) mass is 608 g/mol. The van der Waals surface area contributed by atoms with Crippen molar-refractivity contribution in [3.05, 3.63) is 53.1 Å². The molecule has 1 fully saturated rings. The van der Waals surface area contributed by atoms with E-state index in [9.17, 15) is 14.7 Å². The smallest absolute Gasteiger partial charge is 0.308 e. The first-order valence-corrected chi connectivity index (χ1v) is 16.3. The van der Waals surface area contributed by atoms with Gasteiger partial charge in [0.1, 0.15) is 5.75 Å². The molecule has 9 nitrogen and oxygen atoms in total. The summed E-state index contributed by atoms with van der Waals surface area (Å²) in [5, 5.41) is 10.7. The van der Waals surface area contributed by atoms with E-state index in [0.717, 1.165) is 90.2 Å². The van der Waals surface area contributed by atoms with Crippen LogP contribution in [-0.2, 0) is 22.4 Å². The minimum atomic E-state index is -0.812. The molecule has 0 unspecified atom stereocenters. The van der Waals surface area contributed by atoms with E-state index in [0.29, 0.717) is 26.0 Å². The highest BCUT2D eigenvalue weighted by Crippen LogP contribution is 2.42. The average Bonchev–Trinajstić information content (AvgIpc) is 3.73. The molecule has 1 saturated heterocycles. The lowest BCUT2D eigenvalue weighted by Gasteiger charge is -2.30. The van der Waals surface area contributed by atoms with Gasteiger partial charge in [0.05, 0.1) is 46.8 Å². The number of carboxylic acids is 1. The first-order chi connectivity index (χ1) is 21.1. The quantitative estimate of drug-likeness (QED) is 0.234. The topological polar surface area (TPSA) is 88.5 Å². The van der Waals surface area contributed by atoms with Gasteiger partial charge in [-0.3, -0.25) is 14.5 Å². The summed E-state index contributed by atoms with van der Waals surface area (Å²) in [7, 11) is 6.58. The fourth-order valence-electron chi connectivity index (χ4n) is 6.99. The van der Waals surface area contributed by atoms with Gasteiger partial charge in [-0.1, -0.05) is 37.6 Å². The van der Waals surface area contributed by atoms with E-state index in [4.69, 9.17) is 14.2 Å². The summed E-state index contributed by atoms with van der Waals surface area (Å²) < 4.78 is 18.0. The molecular weight excluding hydrogens is 558 g/mol. The minimum absolute atomic E-state index is 0.0955. The van der Waals surface area contributed by atoms with Crippen LogP contribution in [0.5, 0.6) is 17.2 Å². The number of hydrogen-bond donors (Lipinski definition) is 1. The van der Waals surface area contributed by atoms with Crippen molar-refractivity contribution in [1.82, 2.24) is 9.80 Å². The maximum absolute atomic E-state index is 13.9.